The van der Waals surface area contributed by atoms with Crippen LogP contribution in [-0.2, 0) is 4.79 Å². The highest BCUT2D eigenvalue weighted by molar-refractivity contribution is 8.12. The number of amides is 1. The van der Waals surface area contributed by atoms with Crippen molar-refractivity contribution in [3.8, 4) is 0 Å². The predicted octanol–water partition coefficient (Wildman–Crippen LogP) is 1.26. The number of benzene rings is 1. The molecule has 16 heavy (non-hydrogen) atoms. The summed E-state index contributed by atoms with van der Waals surface area (Å²) in [7, 11) is 0. The molecule has 1 N–H and O–H groups in total. The van der Waals surface area contributed by atoms with Gasteiger partial charge in [0.05, 0.1) is 11.1 Å². The summed E-state index contributed by atoms with van der Waals surface area (Å²) >= 11 is 1.30. The fourth-order valence-corrected chi connectivity index (χ4v) is 2.03. The highest BCUT2D eigenvalue weighted by Gasteiger charge is 2.22. The van der Waals surface area contributed by atoms with Gasteiger partial charge in [0.15, 0.2) is 0 Å². The van der Waals surface area contributed by atoms with Crippen LogP contribution in [0.1, 0.15) is 10.4 Å². The first-order chi connectivity index (χ1) is 7.68. The Bertz CT molecular complexity index is 473. The number of hydrazone groups is 1. The average Bonchev–Trinajstić information content (AvgIpc) is 2.40. The Morgan fingerprint density at radius 3 is 2.94 bits per heavy atom. The molecule has 6 heteroatoms. The largest absolute Gasteiger partial charge is 0.480 e. The molecule has 0 saturated heterocycles. The Morgan fingerprint density at radius 1 is 1.44 bits per heavy atom. The lowest BCUT2D eigenvalue weighted by Gasteiger charge is -2.13. The first-order valence-corrected chi connectivity index (χ1v) is 5.38. The molecule has 0 aromatic heterocycles. The second kappa shape index (κ2) is 4.36. The van der Waals surface area contributed by atoms with Crippen LogP contribution in [0.5, 0.6) is 0 Å². The average molecular weight is 236 g/mol. The van der Waals surface area contributed by atoms with Gasteiger partial charge in [-0.05, 0) is 12.1 Å². The van der Waals surface area contributed by atoms with E-state index in [-0.39, 0.29) is 5.91 Å². The van der Waals surface area contributed by atoms with Crippen molar-refractivity contribution < 1.29 is 14.7 Å². The first kappa shape index (κ1) is 10.7. The minimum atomic E-state index is -1.09. The van der Waals surface area contributed by atoms with Crippen LogP contribution in [0.4, 0.5) is 0 Å². The lowest BCUT2D eigenvalue weighted by molar-refractivity contribution is -0.137. The summed E-state index contributed by atoms with van der Waals surface area (Å²) in [6.45, 7) is -0.426. The third-order valence-corrected chi connectivity index (χ3v) is 2.81. The fourth-order valence-electron chi connectivity index (χ4n) is 1.32. The highest BCUT2D eigenvalue weighted by Crippen LogP contribution is 2.24. The monoisotopic (exact) mass is 236 g/mol. The molecule has 1 aromatic carbocycles. The third kappa shape index (κ3) is 2.06. The molecular weight excluding hydrogens is 228 g/mol. The van der Waals surface area contributed by atoms with E-state index >= 15 is 0 Å². The molecule has 0 saturated carbocycles. The number of hydrogen-bond donors (Lipinski definition) is 1. The summed E-state index contributed by atoms with van der Waals surface area (Å²) in [5.74, 6) is -1.48. The number of carboxylic acids is 1. The highest BCUT2D eigenvalue weighted by atomic mass is 32.2. The molecule has 1 aromatic rings. The molecule has 0 atom stereocenters. The van der Waals surface area contributed by atoms with Crippen molar-refractivity contribution in [1.29, 1.82) is 0 Å². The summed E-state index contributed by atoms with van der Waals surface area (Å²) in [5, 5.41) is 13.4. The van der Waals surface area contributed by atoms with Crippen LogP contribution in [0.15, 0.2) is 34.3 Å². The molecule has 0 fully saturated rings. The molecule has 1 aliphatic heterocycles. The number of fused-ring (bicyclic) bond motifs is 1. The van der Waals surface area contributed by atoms with E-state index in [4.69, 9.17) is 5.11 Å². The zero-order valence-corrected chi connectivity index (χ0v) is 8.98. The maximum absolute atomic E-state index is 11.9. The van der Waals surface area contributed by atoms with E-state index in [0.717, 1.165) is 9.90 Å². The molecule has 0 bridgehead atoms. The van der Waals surface area contributed by atoms with E-state index in [1.54, 1.807) is 18.2 Å². The van der Waals surface area contributed by atoms with E-state index in [2.05, 4.69) is 5.10 Å². The molecule has 0 radical (unpaired) electrons. The molecular formula is C10H8N2O3S. The van der Waals surface area contributed by atoms with Crippen LogP contribution < -0.4 is 0 Å². The number of carbonyl (C=O) groups is 2. The zero-order chi connectivity index (χ0) is 11.5. The van der Waals surface area contributed by atoms with Gasteiger partial charge in [-0.15, -0.1) is 0 Å². The molecule has 0 spiro atoms. The lowest BCUT2D eigenvalue weighted by atomic mass is 10.2. The topological polar surface area (TPSA) is 70.0 Å². The fraction of sp³-hybridized carbons (Fsp3) is 0.100. The lowest BCUT2D eigenvalue weighted by Crippen LogP contribution is -2.30. The second-order valence-corrected chi connectivity index (χ2v) is 3.98. The van der Waals surface area contributed by atoms with E-state index in [1.807, 2.05) is 6.07 Å². The van der Waals surface area contributed by atoms with Crippen LogP contribution in [0.3, 0.4) is 0 Å². The SMILES string of the molecule is O=C(O)CN1N=CSc2ccccc2C1=O. The van der Waals surface area contributed by atoms with Crippen LogP contribution >= 0.6 is 11.8 Å². The van der Waals surface area contributed by atoms with E-state index in [1.165, 1.54) is 17.3 Å². The number of thioether (sulfide) groups is 1. The summed E-state index contributed by atoms with van der Waals surface area (Å²) in [6.07, 6.45) is 0. The molecule has 0 aliphatic carbocycles. The van der Waals surface area contributed by atoms with Crippen LogP contribution in [-0.4, -0.2) is 34.1 Å². The standard InChI is InChI=1S/C10H8N2O3S/c13-9(14)5-12-10(15)7-3-1-2-4-8(7)16-6-11-12/h1-4,6H,5H2,(H,13,14). The van der Waals surface area contributed by atoms with Crippen molar-refractivity contribution >= 4 is 29.2 Å². The molecule has 2 rings (SSSR count). The van der Waals surface area contributed by atoms with E-state index in [0.29, 0.717) is 5.56 Å². The van der Waals surface area contributed by atoms with Crippen molar-refractivity contribution in [2.75, 3.05) is 6.54 Å². The molecule has 5 nitrogen and oxygen atoms in total. The van der Waals surface area contributed by atoms with Gasteiger partial charge in [-0.3, -0.25) is 9.59 Å². The van der Waals surface area contributed by atoms with Gasteiger partial charge in [0.1, 0.15) is 6.54 Å². The zero-order valence-electron chi connectivity index (χ0n) is 8.16. The first-order valence-electron chi connectivity index (χ1n) is 4.50. The number of carbonyl (C=O) groups excluding carboxylic acids is 1. The van der Waals surface area contributed by atoms with Crippen molar-refractivity contribution in [2.45, 2.75) is 4.90 Å². The summed E-state index contributed by atoms with van der Waals surface area (Å²) < 4.78 is 0. The predicted molar refractivity (Wildman–Crippen MR) is 59.5 cm³/mol. The van der Waals surface area contributed by atoms with Gasteiger partial charge in [-0.1, -0.05) is 23.9 Å². The van der Waals surface area contributed by atoms with Crippen LogP contribution in [0.25, 0.3) is 0 Å². The summed E-state index contributed by atoms with van der Waals surface area (Å²) in [5.41, 5.74) is 1.94. The molecule has 0 unspecified atom stereocenters. The minimum absolute atomic E-state index is 0.390. The van der Waals surface area contributed by atoms with Crippen LogP contribution in [0.2, 0.25) is 0 Å². The number of nitrogens with zero attached hydrogens (tertiary/aromatic N) is 2. The van der Waals surface area contributed by atoms with Crippen molar-refractivity contribution in [3.05, 3.63) is 29.8 Å². The molecule has 1 heterocycles. The van der Waals surface area contributed by atoms with Crippen molar-refractivity contribution in [2.24, 2.45) is 5.10 Å². The maximum Gasteiger partial charge on any atom is 0.325 e. The third-order valence-electron chi connectivity index (χ3n) is 2.00. The summed E-state index contributed by atoms with van der Waals surface area (Å²) in [6, 6.07) is 7.02. The molecule has 1 aliphatic rings. The number of hydrogen-bond acceptors (Lipinski definition) is 4. The quantitative estimate of drug-likeness (QED) is 0.839. The van der Waals surface area contributed by atoms with Crippen molar-refractivity contribution in [1.82, 2.24) is 5.01 Å². The van der Waals surface area contributed by atoms with E-state index < -0.39 is 12.5 Å². The van der Waals surface area contributed by atoms with Gasteiger partial charge >= 0.3 is 5.97 Å². The number of rotatable bonds is 2. The van der Waals surface area contributed by atoms with Gasteiger partial charge in [0.2, 0.25) is 0 Å². The molecule has 1 amide bonds. The number of aliphatic carboxylic acids is 1. The summed E-state index contributed by atoms with van der Waals surface area (Å²) in [4.78, 5) is 23.3. The Balaban J connectivity index is 2.35. The Kier molecular flexibility index (Phi) is 2.91. The molecule has 82 valence electrons. The number of carboxylic acid groups (broad SMARTS) is 1. The van der Waals surface area contributed by atoms with Crippen LogP contribution in [0, 0.1) is 0 Å². The smallest absolute Gasteiger partial charge is 0.325 e. The van der Waals surface area contributed by atoms with Gasteiger partial charge in [0.25, 0.3) is 5.91 Å². The maximum atomic E-state index is 11.9. The van der Waals surface area contributed by atoms with E-state index in [9.17, 15) is 9.59 Å². The Labute approximate surface area is 95.8 Å². The van der Waals surface area contributed by atoms with Gasteiger partial charge in [-0.2, -0.15) is 5.10 Å². The van der Waals surface area contributed by atoms with Crippen molar-refractivity contribution in [3.63, 3.8) is 0 Å². The normalized spacial score (nSPS) is 14.5. The van der Waals surface area contributed by atoms with Gasteiger partial charge < -0.3 is 5.11 Å². The van der Waals surface area contributed by atoms with Gasteiger partial charge in [-0.25, -0.2) is 5.01 Å². The van der Waals surface area contributed by atoms with Gasteiger partial charge in [0, 0.05) is 4.90 Å². The minimum Gasteiger partial charge on any atom is -0.480 e. The Hall–Kier alpha value is -1.82. The second-order valence-electron chi connectivity index (χ2n) is 3.09. The Morgan fingerprint density at radius 2 is 2.19 bits per heavy atom.